The Morgan fingerprint density at radius 2 is 1.69 bits per heavy atom. The number of aromatic nitrogens is 3. The maximum Gasteiger partial charge on any atom is 0.166 e. The lowest BCUT2D eigenvalue weighted by atomic mass is 10.1. The van der Waals surface area contributed by atoms with Gasteiger partial charge in [-0.3, -0.25) is 4.90 Å². The molecule has 0 N–H and O–H groups in total. The molecule has 0 aliphatic carbocycles. The van der Waals surface area contributed by atoms with E-state index in [1.165, 1.54) is 0 Å². The van der Waals surface area contributed by atoms with Crippen LogP contribution in [0, 0.1) is 18.3 Å². The molecule has 0 unspecified atom stereocenters. The van der Waals surface area contributed by atoms with E-state index < -0.39 is 0 Å². The van der Waals surface area contributed by atoms with Crippen molar-refractivity contribution in [3.63, 3.8) is 0 Å². The molecule has 32 heavy (non-hydrogen) atoms. The van der Waals surface area contributed by atoms with E-state index in [1.54, 1.807) is 0 Å². The third-order valence-electron chi connectivity index (χ3n) is 5.94. The average molecular weight is 443 g/mol. The molecule has 1 saturated heterocycles. The van der Waals surface area contributed by atoms with E-state index in [-0.39, 0.29) is 0 Å². The lowest BCUT2D eigenvalue weighted by Gasteiger charge is -2.34. The average Bonchev–Trinajstić information content (AvgIpc) is 3.16. The molecule has 0 amide bonds. The second-order valence-electron chi connectivity index (χ2n) is 7.99. The first-order valence-corrected chi connectivity index (χ1v) is 11.1. The van der Waals surface area contributed by atoms with Gasteiger partial charge in [0.2, 0.25) is 0 Å². The molecule has 2 aromatic carbocycles. The Labute approximate surface area is 192 Å². The topological polar surface area (TPSA) is 60.5 Å². The summed E-state index contributed by atoms with van der Waals surface area (Å²) in [6.07, 6.45) is 0. The number of hydrogen-bond donors (Lipinski definition) is 0. The number of aryl methyl sites for hydroxylation is 1. The number of piperazine rings is 1. The minimum atomic E-state index is 0.469. The summed E-state index contributed by atoms with van der Waals surface area (Å²) in [5, 5.41) is 14.6. The molecular formula is C25H23ClN6. The van der Waals surface area contributed by atoms with Crippen LogP contribution in [0.1, 0.15) is 5.69 Å². The highest BCUT2D eigenvalue weighted by molar-refractivity contribution is 6.30. The Hall–Kier alpha value is -3.40. The molecule has 5 rings (SSSR count). The van der Waals surface area contributed by atoms with E-state index in [1.807, 2.05) is 53.9 Å². The summed E-state index contributed by atoms with van der Waals surface area (Å²) in [4.78, 5) is 9.57. The highest BCUT2D eigenvalue weighted by Crippen LogP contribution is 2.33. The van der Waals surface area contributed by atoms with E-state index in [9.17, 15) is 0 Å². The Morgan fingerprint density at radius 1 is 0.969 bits per heavy atom. The predicted molar refractivity (Wildman–Crippen MR) is 128 cm³/mol. The van der Waals surface area contributed by atoms with Crippen molar-refractivity contribution >= 4 is 23.1 Å². The van der Waals surface area contributed by atoms with Crippen LogP contribution in [-0.4, -0.2) is 52.2 Å². The van der Waals surface area contributed by atoms with Crippen molar-refractivity contribution in [3.8, 4) is 28.5 Å². The molecule has 0 bridgehead atoms. The summed E-state index contributed by atoms with van der Waals surface area (Å²) >= 11 is 6.13. The monoisotopic (exact) mass is 442 g/mol. The number of benzene rings is 2. The van der Waals surface area contributed by atoms with Crippen LogP contribution in [-0.2, 0) is 0 Å². The van der Waals surface area contributed by atoms with Gasteiger partial charge in [0.05, 0.1) is 24.0 Å². The maximum absolute atomic E-state index is 9.03. The zero-order valence-corrected chi connectivity index (χ0v) is 18.6. The molecule has 6 nitrogen and oxygen atoms in total. The summed E-state index contributed by atoms with van der Waals surface area (Å²) in [6, 6.07) is 22.5. The SMILES string of the molecule is Cc1nn2c(N3CCN(CC#N)CC3)cc(-c3ccccc3)nc2c1-c1ccc(Cl)cc1. The van der Waals surface area contributed by atoms with E-state index in [4.69, 9.17) is 26.9 Å². The standard InChI is InChI=1S/C25H23ClN6/c1-18-24(20-7-9-21(26)10-8-20)25-28-22(19-5-3-2-4-6-19)17-23(32(25)29-18)31-15-13-30(12-11-27)14-16-31/h2-10,17H,12-16H2,1H3. The lowest BCUT2D eigenvalue weighted by molar-refractivity contribution is 0.286. The van der Waals surface area contributed by atoms with Crippen LogP contribution in [0.2, 0.25) is 5.02 Å². The molecule has 0 saturated carbocycles. The third kappa shape index (κ3) is 3.81. The van der Waals surface area contributed by atoms with Gasteiger partial charge in [0.15, 0.2) is 5.65 Å². The van der Waals surface area contributed by atoms with Gasteiger partial charge in [0, 0.05) is 48.4 Å². The molecule has 1 aliphatic rings. The largest absolute Gasteiger partial charge is 0.354 e. The summed E-state index contributed by atoms with van der Waals surface area (Å²) in [6.45, 7) is 5.87. The molecule has 3 heterocycles. The van der Waals surface area contributed by atoms with Crippen molar-refractivity contribution in [1.29, 1.82) is 5.26 Å². The summed E-state index contributed by atoms with van der Waals surface area (Å²) in [5.41, 5.74) is 5.81. The maximum atomic E-state index is 9.03. The van der Waals surface area contributed by atoms with Crippen molar-refractivity contribution in [2.24, 2.45) is 0 Å². The van der Waals surface area contributed by atoms with Gasteiger partial charge >= 0.3 is 0 Å². The third-order valence-corrected chi connectivity index (χ3v) is 6.19. The molecule has 1 aliphatic heterocycles. The van der Waals surface area contributed by atoms with Gasteiger partial charge in [-0.2, -0.15) is 14.9 Å². The molecule has 0 radical (unpaired) electrons. The smallest absolute Gasteiger partial charge is 0.166 e. The highest BCUT2D eigenvalue weighted by atomic mass is 35.5. The van der Waals surface area contributed by atoms with Gasteiger partial charge in [-0.05, 0) is 24.6 Å². The minimum Gasteiger partial charge on any atom is -0.354 e. The van der Waals surface area contributed by atoms with E-state index in [2.05, 4.69) is 34.1 Å². The zero-order valence-electron chi connectivity index (χ0n) is 17.9. The first kappa shape index (κ1) is 20.5. The van der Waals surface area contributed by atoms with Gasteiger partial charge in [-0.15, -0.1) is 0 Å². The number of anilines is 1. The van der Waals surface area contributed by atoms with E-state index >= 15 is 0 Å². The van der Waals surface area contributed by atoms with Gasteiger partial charge < -0.3 is 4.90 Å². The molecule has 1 fully saturated rings. The van der Waals surface area contributed by atoms with Crippen LogP contribution < -0.4 is 4.90 Å². The fourth-order valence-corrected chi connectivity index (χ4v) is 4.41. The van der Waals surface area contributed by atoms with Gasteiger partial charge in [-0.1, -0.05) is 54.1 Å². The lowest BCUT2D eigenvalue weighted by Crippen LogP contribution is -2.47. The second-order valence-corrected chi connectivity index (χ2v) is 8.43. The number of hydrogen-bond acceptors (Lipinski definition) is 5. The molecule has 4 aromatic rings. The number of nitrogens with zero attached hydrogens (tertiary/aromatic N) is 6. The van der Waals surface area contributed by atoms with Gasteiger partial charge in [0.25, 0.3) is 0 Å². The quantitative estimate of drug-likeness (QED) is 0.430. The van der Waals surface area contributed by atoms with Crippen LogP contribution in [0.5, 0.6) is 0 Å². The Kier molecular flexibility index (Phi) is 5.52. The van der Waals surface area contributed by atoms with Crippen LogP contribution in [0.25, 0.3) is 28.0 Å². The van der Waals surface area contributed by atoms with Crippen LogP contribution in [0.3, 0.4) is 0 Å². The van der Waals surface area contributed by atoms with E-state index in [0.29, 0.717) is 11.6 Å². The summed E-state index contributed by atoms with van der Waals surface area (Å²) in [5.74, 6) is 1.02. The number of halogens is 1. The molecule has 0 spiro atoms. The Balaban J connectivity index is 1.67. The Morgan fingerprint density at radius 3 is 2.38 bits per heavy atom. The van der Waals surface area contributed by atoms with Crippen molar-refractivity contribution in [1.82, 2.24) is 19.5 Å². The van der Waals surface area contributed by atoms with Crippen LogP contribution in [0.4, 0.5) is 5.82 Å². The van der Waals surface area contributed by atoms with E-state index in [0.717, 1.165) is 65.7 Å². The molecular weight excluding hydrogens is 420 g/mol. The van der Waals surface area contributed by atoms with Crippen molar-refractivity contribution in [2.75, 3.05) is 37.6 Å². The van der Waals surface area contributed by atoms with Crippen molar-refractivity contribution < 1.29 is 0 Å². The predicted octanol–water partition coefficient (Wildman–Crippen LogP) is 4.67. The summed E-state index contributed by atoms with van der Waals surface area (Å²) < 4.78 is 1.96. The zero-order chi connectivity index (χ0) is 22.1. The van der Waals surface area contributed by atoms with Crippen molar-refractivity contribution in [2.45, 2.75) is 6.92 Å². The second kappa shape index (κ2) is 8.62. The van der Waals surface area contributed by atoms with Crippen LogP contribution >= 0.6 is 11.6 Å². The molecule has 160 valence electrons. The molecule has 0 atom stereocenters. The Bertz CT molecular complexity index is 1280. The highest BCUT2D eigenvalue weighted by Gasteiger charge is 2.23. The normalized spacial score (nSPS) is 14.6. The van der Waals surface area contributed by atoms with Crippen molar-refractivity contribution in [3.05, 3.63) is 71.4 Å². The first-order valence-electron chi connectivity index (χ1n) is 10.7. The molecule has 7 heteroatoms. The number of fused-ring (bicyclic) bond motifs is 1. The number of nitriles is 1. The first-order chi connectivity index (χ1) is 15.6. The minimum absolute atomic E-state index is 0.469. The van der Waals surface area contributed by atoms with Gasteiger partial charge in [-0.25, -0.2) is 4.98 Å². The fraction of sp³-hybridized carbons (Fsp3) is 0.240. The summed E-state index contributed by atoms with van der Waals surface area (Å²) in [7, 11) is 0. The van der Waals surface area contributed by atoms with Gasteiger partial charge in [0.1, 0.15) is 5.82 Å². The fourth-order valence-electron chi connectivity index (χ4n) is 4.28. The number of rotatable bonds is 4. The molecule has 2 aromatic heterocycles. The van der Waals surface area contributed by atoms with Crippen LogP contribution in [0.15, 0.2) is 60.7 Å².